The summed E-state index contributed by atoms with van der Waals surface area (Å²) >= 11 is 8.83. The van der Waals surface area contributed by atoms with E-state index in [4.69, 9.17) is 16.3 Å². The molecular formula is C23H18ClN5O2S2. The number of nitrogens with one attached hydrogen (secondary N) is 1. The Morgan fingerprint density at radius 2 is 1.91 bits per heavy atom. The van der Waals surface area contributed by atoms with Crippen molar-refractivity contribution in [3.8, 4) is 16.9 Å². The molecule has 5 rings (SSSR count). The normalized spacial score (nSPS) is 11.2. The zero-order chi connectivity index (χ0) is 22.8. The fourth-order valence-corrected chi connectivity index (χ4v) is 5.19. The van der Waals surface area contributed by atoms with Gasteiger partial charge in [0.1, 0.15) is 23.0 Å². The van der Waals surface area contributed by atoms with Gasteiger partial charge in [0, 0.05) is 23.0 Å². The smallest absolute Gasteiger partial charge is 0.260 e. The predicted molar refractivity (Wildman–Crippen MR) is 132 cm³/mol. The Morgan fingerprint density at radius 3 is 2.70 bits per heavy atom. The van der Waals surface area contributed by atoms with Crippen molar-refractivity contribution in [3.05, 3.63) is 87.0 Å². The second kappa shape index (κ2) is 9.38. The number of aromatic nitrogens is 5. The van der Waals surface area contributed by atoms with Crippen molar-refractivity contribution >= 4 is 44.9 Å². The van der Waals surface area contributed by atoms with Gasteiger partial charge in [0.2, 0.25) is 0 Å². The molecule has 0 radical (unpaired) electrons. The number of thioether (sulfide) groups is 1. The van der Waals surface area contributed by atoms with Gasteiger partial charge in [-0.3, -0.25) is 4.79 Å². The van der Waals surface area contributed by atoms with Crippen LogP contribution in [0.25, 0.3) is 21.3 Å². The van der Waals surface area contributed by atoms with Crippen molar-refractivity contribution in [1.82, 2.24) is 24.7 Å². The Morgan fingerprint density at radius 1 is 1.12 bits per heavy atom. The molecule has 5 aromatic rings. The number of hydrogen-bond acceptors (Lipinski definition) is 7. The molecule has 166 valence electrons. The molecular weight excluding hydrogens is 478 g/mol. The SMILES string of the molecule is Cn1c(COc2ccc(Cl)cc2)nnc1SCc1nc2scc(-c3ccccc3)c2c(=O)[nH]1. The van der Waals surface area contributed by atoms with Gasteiger partial charge in [-0.15, -0.1) is 21.5 Å². The number of H-pyrrole nitrogens is 1. The monoisotopic (exact) mass is 495 g/mol. The highest BCUT2D eigenvalue weighted by Gasteiger charge is 2.15. The molecule has 0 spiro atoms. The molecule has 0 bridgehead atoms. The lowest BCUT2D eigenvalue weighted by Gasteiger charge is -2.06. The van der Waals surface area contributed by atoms with Gasteiger partial charge >= 0.3 is 0 Å². The van der Waals surface area contributed by atoms with Crippen molar-refractivity contribution in [3.63, 3.8) is 0 Å². The number of fused-ring (bicyclic) bond motifs is 1. The van der Waals surface area contributed by atoms with Crippen LogP contribution in [0.15, 0.2) is 69.9 Å². The number of rotatable bonds is 7. The second-order valence-electron chi connectivity index (χ2n) is 7.20. The molecule has 1 N–H and O–H groups in total. The maximum Gasteiger partial charge on any atom is 0.260 e. The minimum Gasteiger partial charge on any atom is -0.486 e. The molecule has 0 aliphatic rings. The van der Waals surface area contributed by atoms with E-state index in [2.05, 4.69) is 20.2 Å². The first-order chi connectivity index (χ1) is 16.1. The van der Waals surface area contributed by atoms with Crippen molar-refractivity contribution in [2.75, 3.05) is 0 Å². The molecule has 0 amide bonds. The van der Waals surface area contributed by atoms with Crippen LogP contribution >= 0.6 is 34.7 Å². The summed E-state index contributed by atoms with van der Waals surface area (Å²) in [6, 6.07) is 17.0. The number of ether oxygens (including phenoxy) is 1. The summed E-state index contributed by atoms with van der Waals surface area (Å²) in [5.74, 6) is 2.46. The summed E-state index contributed by atoms with van der Waals surface area (Å²) in [6.07, 6.45) is 0. The Hall–Kier alpha value is -3.14. The maximum atomic E-state index is 12.8. The standard InChI is InChI=1S/C23H18ClN5O2S2/c1-29-19(11-31-16-9-7-15(24)8-10-16)27-28-23(29)33-13-18-25-21(30)20-17(12-32-22(20)26-18)14-5-3-2-4-6-14/h2-10,12H,11,13H2,1H3,(H,25,26,30). The zero-order valence-corrected chi connectivity index (χ0v) is 19.9. The van der Waals surface area contributed by atoms with Gasteiger partial charge in [-0.2, -0.15) is 0 Å². The average molecular weight is 496 g/mol. The Kier molecular flexibility index (Phi) is 6.17. The molecule has 0 unspecified atom stereocenters. The quantitative estimate of drug-likeness (QED) is 0.308. The van der Waals surface area contributed by atoms with E-state index in [-0.39, 0.29) is 12.2 Å². The Balaban J connectivity index is 1.29. The van der Waals surface area contributed by atoms with E-state index >= 15 is 0 Å². The number of halogens is 1. The summed E-state index contributed by atoms with van der Waals surface area (Å²) in [7, 11) is 1.88. The number of hydrogen-bond donors (Lipinski definition) is 1. The number of benzene rings is 2. The molecule has 2 aromatic carbocycles. The molecule has 0 aliphatic heterocycles. The molecule has 0 saturated heterocycles. The minimum absolute atomic E-state index is 0.134. The number of nitrogens with zero attached hydrogens (tertiary/aromatic N) is 4. The van der Waals surface area contributed by atoms with Crippen molar-refractivity contribution in [2.45, 2.75) is 17.5 Å². The zero-order valence-electron chi connectivity index (χ0n) is 17.5. The molecule has 33 heavy (non-hydrogen) atoms. The lowest BCUT2D eigenvalue weighted by molar-refractivity contribution is 0.290. The van der Waals surface area contributed by atoms with Gasteiger partial charge < -0.3 is 14.3 Å². The summed E-state index contributed by atoms with van der Waals surface area (Å²) in [6.45, 7) is 0.282. The van der Waals surface area contributed by atoms with E-state index in [9.17, 15) is 4.79 Å². The molecule has 0 saturated carbocycles. The molecule has 0 fully saturated rings. The van der Waals surface area contributed by atoms with Gasteiger partial charge in [0.05, 0.1) is 11.1 Å². The molecule has 3 heterocycles. The molecule has 3 aromatic heterocycles. The van der Waals surface area contributed by atoms with Crippen LogP contribution in [-0.4, -0.2) is 24.7 Å². The third-order valence-corrected chi connectivity index (χ3v) is 7.18. The van der Waals surface area contributed by atoms with Gasteiger partial charge in [0.25, 0.3) is 5.56 Å². The topological polar surface area (TPSA) is 85.7 Å². The van der Waals surface area contributed by atoms with Gasteiger partial charge in [-0.1, -0.05) is 53.7 Å². The average Bonchev–Trinajstić information content (AvgIpc) is 3.42. The van der Waals surface area contributed by atoms with Crippen LogP contribution in [0.5, 0.6) is 5.75 Å². The third kappa shape index (κ3) is 4.66. The van der Waals surface area contributed by atoms with Crippen LogP contribution in [0, 0.1) is 0 Å². The van der Waals surface area contributed by atoms with Gasteiger partial charge in [0.15, 0.2) is 11.0 Å². The highest BCUT2D eigenvalue weighted by molar-refractivity contribution is 7.98. The first-order valence-electron chi connectivity index (χ1n) is 10.0. The first kappa shape index (κ1) is 21.7. The first-order valence-corrected chi connectivity index (χ1v) is 12.3. The molecule has 10 heteroatoms. The lowest BCUT2D eigenvalue weighted by atomic mass is 10.1. The van der Waals surface area contributed by atoms with E-state index in [0.29, 0.717) is 38.7 Å². The van der Waals surface area contributed by atoms with Crippen molar-refractivity contribution in [2.24, 2.45) is 7.05 Å². The van der Waals surface area contributed by atoms with E-state index < -0.39 is 0 Å². The van der Waals surface area contributed by atoms with Crippen molar-refractivity contribution in [1.29, 1.82) is 0 Å². The van der Waals surface area contributed by atoms with Crippen LogP contribution in [0.3, 0.4) is 0 Å². The van der Waals surface area contributed by atoms with Gasteiger partial charge in [-0.25, -0.2) is 4.98 Å². The van der Waals surface area contributed by atoms with E-state index in [1.807, 2.05) is 47.3 Å². The highest BCUT2D eigenvalue weighted by atomic mass is 35.5. The highest BCUT2D eigenvalue weighted by Crippen LogP contribution is 2.31. The Labute approximate surface area is 202 Å². The predicted octanol–water partition coefficient (Wildman–Crippen LogP) is 5.30. The van der Waals surface area contributed by atoms with Gasteiger partial charge in [-0.05, 0) is 29.8 Å². The van der Waals surface area contributed by atoms with Crippen LogP contribution in [0.2, 0.25) is 5.02 Å². The Bertz CT molecular complexity index is 1460. The molecule has 0 aliphatic carbocycles. The summed E-state index contributed by atoms with van der Waals surface area (Å²) in [4.78, 5) is 21.1. The van der Waals surface area contributed by atoms with E-state index in [1.54, 1.807) is 24.3 Å². The fraction of sp³-hybridized carbons (Fsp3) is 0.130. The second-order valence-corrected chi connectivity index (χ2v) is 9.43. The van der Waals surface area contributed by atoms with Crippen LogP contribution < -0.4 is 10.3 Å². The summed E-state index contributed by atoms with van der Waals surface area (Å²) < 4.78 is 7.63. The molecule has 0 atom stereocenters. The van der Waals surface area contributed by atoms with Crippen LogP contribution in [-0.2, 0) is 19.4 Å². The largest absolute Gasteiger partial charge is 0.486 e. The van der Waals surface area contributed by atoms with Crippen LogP contribution in [0.4, 0.5) is 0 Å². The maximum absolute atomic E-state index is 12.8. The van der Waals surface area contributed by atoms with E-state index in [0.717, 1.165) is 16.0 Å². The minimum atomic E-state index is -0.134. The fourth-order valence-electron chi connectivity index (χ4n) is 3.30. The molecule has 7 nitrogen and oxygen atoms in total. The third-order valence-electron chi connectivity index (χ3n) is 5.02. The summed E-state index contributed by atoms with van der Waals surface area (Å²) in [5, 5.41) is 12.4. The summed E-state index contributed by atoms with van der Waals surface area (Å²) in [5.41, 5.74) is 1.78. The van der Waals surface area contributed by atoms with Crippen LogP contribution in [0.1, 0.15) is 11.6 Å². The number of thiophene rings is 1. The van der Waals surface area contributed by atoms with E-state index in [1.165, 1.54) is 23.1 Å². The lowest BCUT2D eigenvalue weighted by Crippen LogP contribution is -2.11. The van der Waals surface area contributed by atoms with Crippen molar-refractivity contribution < 1.29 is 4.74 Å². The number of aromatic amines is 1.